The highest BCUT2D eigenvalue weighted by Crippen LogP contribution is 2.26. The molecular formula is C12H18N2O4S. The van der Waals surface area contributed by atoms with Crippen LogP contribution in [0.3, 0.4) is 0 Å². The van der Waals surface area contributed by atoms with Crippen molar-refractivity contribution in [1.82, 2.24) is 0 Å². The molecule has 0 heterocycles. The highest BCUT2D eigenvalue weighted by molar-refractivity contribution is 7.90. The summed E-state index contributed by atoms with van der Waals surface area (Å²) >= 11 is 0. The van der Waals surface area contributed by atoms with Crippen LogP contribution in [0.25, 0.3) is 0 Å². The summed E-state index contributed by atoms with van der Waals surface area (Å²) in [4.78, 5) is 11.8. The number of anilines is 1. The molecule has 0 bridgehead atoms. The molecule has 106 valence electrons. The van der Waals surface area contributed by atoms with Crippen molar-refractivity contribution in [1.29, 1.82) is 0 Å². The lowest BCUT2D eigenvalue weighted by atomic mass is 10.1. The summed E-state index contributed by atoms with van der Waals surface area (Å²) in [6, 6.07) is 3.75. The molecule has 4 N–H and O–H groups in total. The summed E-state index contributed by atoms with van der Waals surface area (Å²) < 4.78 is 22.8. The number of nitrogens with two attached hydrogens (primary N) is 1. The molecule has 1 amide bonds. The molecule has 1 atom stereocenters. The minimum atomic E-state index is -3.39. The molecule has 0 spiro atoms. The topological polar surface area (TPSA) is 109 Å². The summed E-state index contributed by atoms with van der Waals surface area (Å²) in [5.74, 6) is -0.807. The molecule has 0 aromatic heterocycles. The third kappa shape index (κ3) is 4.22. The zero-order chi connectivity index (χ0) is 14.6. The van der Waals surface area contributed by atoms with Gasteiger partial charge in [-0.25, -0.2) is 8.42 Å². The van der Waals surface area contributed by atoms with Crippen LogP contribution in [0.4, 0.5) is 5.69 Å². The number of amides is 1. The second kappa shape index (κ2) is 6.03. The molecule has 0 saturated heterocycles. The number of carbonyl (C=O) groups is 1. The van der Waals surface area contributed by atoms with E-state index in [1.807, 2.05) is 0 Å². The average Bonchev–Trinajstić information content (AvgIpc) is 2.30. The Kier molecular flexibility index (Phi) is 4.90. The van der Waals surface area contributed by atoms with Gasteiger partial charge in [0, 0.05) is 12.2 Å². The van der Waals surface area contributed by atoms with Gasteiger partial charge >= 0.3 is 0 Å². The van der Waals surface area contributed by atoms with E-state index >= 15 is 0 Å². The van der Waals surface area contributed by atoms with E-state index in [1.165, 1.54) is 18.2 Å². The van der Waals surface area contributed by atoms with Crippen molar-refractivity contribution in [2.45, 2.75) is 18.2 Å². The fourth-order valence-corrected chi connectivity index (χ4v) is 2.13. The van der Waals surface area contributed by atoms with E-state index in [2.05, 4.69) is 5.32 Å². The molecule has 1 unspecified atom stereocenters. The van der Waals surface area contributed by atoms with Crippen LogP contribution in [0.2, 0.25) is 0 Å². The summed E-state index contributed by atoms with van der Waals surface area (Å²) in [5, 5.41) is 12.1. The van der Waals surface area contributed by atoms with Crippen molar-refractivity contribution in [2.75, 3.05) is 18.1 Å². The largest absolute Gasteiger partial charge is 0.506 e. The zero-order valence-electron chi connectivity index (χ0n) is 10.9. The Labute approximate surface area is 112 Å². The Balaban J connectivity index is 2.98. The lowest BCUT2D eigenvalue weighted by Gasteiger charge is -2.13. The lowest BCUT2D eigenvalue weighted by Crippen LogP contribution is -2.22. The first-order chi connectivity index (χ1) is 8.75. The second-order valence-corrected chi connectivity index (χ2v) is 6.43. The van der Waals surface area contributed by atoms with Crippen LogP contribution in [-0.4, -0.2) is 32.2 Å². The highest BCUT2D eigenvalue weighted by atomic mass is 32.2. The van der Waals surface area contributed by atoms with Crippen LogP contribution < -0.4 is 11.1 Å². The van der Waals surface area contributed by atoms with Gasteiger partial charge in [0.15, 0.2) is 9.84 Å². The van der Waals surface area contributed by atoms with Gasteiger partial charge in [0.1, 0.15) is 5.75 Å². The molecule has 19 heavy (non-hydrogen) atoms. The third-order valence-electron chi connectivity index (χ3n) is 2.70. The van der Waals surface area contributed by atoms with Crippen LogP contribution in [0, 0.1) is 5.92 Å². The van der Waals surface area contributed by atoms with Crippen molar-refractivity contribution in [3.8, 4) is 5.75 Å². The predicted octanol–water partition coefficient (Wildman–Crippen LogP) is 0.719. The Bertz CT molecular complexity index is 569. The summed E-state index contributed by atoms with van der Waals surface area (Å²) in [5.41, 5.74) is 5.44. The number of phenolic OH excluding ortho intramolecular Hbond substituents is 1. The number of phenols is 1. The Morgan fingerprint density at radius 2 is 2.11 bits per heavy atom. The maximum absolute atomic E-state index is 11.8. The van der Waals surface area contributed by atoms with E-state index < -0.39 is 9.84 Å². The summed E-state index contributed by atoms with van der Waals surface area (Å²) in [6.45, 7) is 2.09. The van der Waals surface area contributed by atoms with Gasteiger partial charge in [-0.05, 0) is 31.2 Å². The van der Waals surface area contributed by atoms with Crippen LogP contribution in [-0.2, 0) is 14.6 Å². The number of hydrogen-bond acceptors (Lipinski definition) is 5. The smallest absolute Gasteiger partial charge is 0.227 e. The first kappa shape index (κ1) is 15.5. The number of carbonyl (C=O) groups excluding carboxylic acids is 1. The molecule has 0 aliphatic carbocycles. The molecule has 0 aliphatic rings. The first-order valence-electron chi connectivity index (χ1n) is 5.79. The van der Waals surface area contributed by atoms with Gasteiger partial charge in [-0.1, -0.05) is 6.92 Å². The highest BCUT2D eigenvalue weighted by Gasteiger charge is 2.16. The van der Waals surface area contributed by atoms with Gasteiger partial charge in [0.05, 0.1) is 10.6 Å². The van der Waals surface area contributed by atoms with Crippen molar-refractivity contribution < 1.29 is 18.3 Å². The SMILES string of the molecule is CC(CCN)C(=O)Nc1cc(S(C)(=O)=O)ccc1O. The Hall–Kier alpha value is -1.60. The van der Waals surface area contributed by atoms with Gasteiger partial charge in [-0.2, -0.15) is 0 Å². The quantitative estimate of drug-likeness (QED) is 0.691. The van der Waals surface area contributed by atoms with Crippen molar-refractivity contribution >= 4 is 21.4 Å². The molecule has 0 aliphatic heterocycles. The number of benzene rings is 1. The van der Waals surface area contributed by atoms with E-state index in [4.69, 9.17) is 5.73 Å². The fourth-order valence-electron chi connectivity index (χ4n) is 1.48. The Morgan fingerprint density at radius 1 is 1.47 bits per heavy atom. The number of sulfone groups is 1. The Morgan fingerprint density at radius 3 is 2.63 bits per heavy atom. The van der Waals surface area contributed by atoms with Crippen LogP contribution >= 0.6 is 0 Å². The van der Waals surface area contributed by atoms with E-state index in [0.29, 0.717) is 13.0 Å². The molecule has 0 fully saturated rings. The van der Waals surface area contributed by atoms with Gasteiger partial charge in [0.25, 0.3) is 0 Å². The third-order valence-corrected chi connectivity index (χ3v) is 3.81. The van der Waals surface area contributed by atoms with Gasteiger partial charge in [-0.15, -0.1) is 0 Å². The predicted molar refractivity (Wildman–Crippen MR) is 72.7 cm³/mol. The minimum absolute atomic E-state index is 0.0343. The van der Waals surface area contributed by atoms with Gasteiger partial charge in [-0.3, -0.25) is 4.79 Å². The van der Waals surface area contributed by atoms with Crippen molar-refractivity contribution in [3.05, 3.63) is 18.2 Å². The monoisotopic (exact) mass is 286 g/mol. The zero-order valence-corrected chi connectivity index (χ0v) is 11.7. The van der Waals surface area contributed by atoms with E-state index in [1.54, 1.807) is 6.92 Å². The molecule has 1 rings (SSSR count). The number of aromatic hydroxyl groups is 1. The normalized spacial score (nSPS) is 13.0. The standard InChI is InChI=1S/C12H18N2O4S/c1-8(5-6-13)12(16)14-10-7-9(19(2,17)18)3-4-11(10)15/h3-4,7-8,15H,5-6,13H2,1-2H3,(H,14,16). The first-order valence-corrected chi connectivity index (χ1v) is 7.69. The minimum Gasteiger partial charge on any atom is -0.506 e. The van der Waals surface area contributed by atoms with Gasteiger partial charge in [0.2, 0.25) is 5.91 Å². The van der Waals surface area contributed by atoms with E-state index in [-0.39, 0.29) is 28.2 Å². The molecule has 7 heteroatoms. The molecule has 6 nitrogen and oxygen atoms in total. The fraction of sp³-hybridized carbons (Fsp3) is 0.417. The van der Waals surface area contributed by atoms with E-state index in [9.17, 15) is 18.3 Å². The average molecular weight is 286 g/mol. The molecule has 1 aromatic carbocycles. The van der Waals surface area contributed by atoms with Crippen molar-refractivity contribution in [2.24, 2.45) is 11.7 Å². The summed E-state index contributed by atoms with van der Waals surface area (Å²) in [6.07, 6.45) is 1.57. The number of nitrogens with one attached hydrogen (secondary N) is 1. The number of rotatable bonds is 5. The molecular weight excluding hydrogens is 268 g/mol. The van der Waals surface area contributed by atoms with Gasteiger partial charge < -0.3 is 16.2 Å². The maximum atomic E-state index is 11.8. The molecule has 0 saturated carbocycles. The molecule has 0 radical (unpaired) electrons. The lowest BCUT2D eigenvalue weighted by molar-refractivity contribution is -0.119. The maximum Gasteiger partial charge on any atom is 0.227 e. The van der Waals surface area contributed by atoms with Crippen molar-refractivity contribution in [3.63, 3.8) is 0 Å². The number of hydrogen-bond donors (Lipinski definition) is 3. The summed E-state index contributed by atoms with van der Waals surface area (Å²) in [7, 11) is -3.39. The van der Waals surface area contributed by atoms with Crippen LogP contribution in [0.5, 0.6) is 5.75 Å². The second-order valence-electron chi connectivity index (χ2n) is 4.42. The molecule has 1 aromatic rings. The van der Waals surface area contributed by atoms with Crippen LogP contribution in [0.15, 0.2) is 23.1 Å². The van der Waals surface area contributed by atoms with Crippen LogP contribution in [0.1, 0.15) is 13.3 Å². The van der Waals surface area contributed by atoms with E-state index in [0.717, 1.165) is 6.26 Å².